The molecule has 0 rings (SSSR count). The lowest BCUT2D eigenvalue weighted by Gasteiger charge is -2.08. The molecule has 0 saturated carbocycles. The van der Waals surface area contributed by atoms with Crippen LogP contribution in [0.5, 0.6) is 0 Å². The Morgan fingerprint density at radius 1 is 0.680 bits per heavy atom. The maximum Gasteiger partial charge on any atom is 0.242 e. The van der Waals surface area contributed by atoms with E-state index < -0.39 is 5.87 Å². The van der Waals surface area contributed by atoms with Crippen molar-refractivity contribution in [2.45, 2.75) is 110 Å². The van der Waals surface area contributed by atoms with E-state index in [1.165, 1.54) is 109 Å². The van der Waals surface area contributed by atoms with Crippen LogP contribution in [0.15, 0.2) is 0 Å². The molecule has 0 aliphatic heterocycles. The molecule has 150 valence electrons. The molecule has 0 spiro atoms. The number of unbranched alkanes of at least 4 members (excludes halogenated alkanes) is 15. The van der Waals surface area contributed by atoms with Crippen LogP contribution in [0.3, 0.4) is 0 Å². The second kappa shape index (κ2) is 23.5. The van der Waals surface area contributed by atoms with Crippen molar-refractivity contribution in [3.63, 3.8) is 0 Å². The fourth-order valence-corrected chi connectivity index (χ4v) is 2.98. The van der Waals surface area contributed by atoms with Crippen LogP contribution in [-0.4, -0.2) is 44.4 Å². The number of rotatable bonds is 17. The molecule has 0 heterocycles. The van der Waals surface area contributed by atoms with Gasteiger partial charge in [-0.05, 0) is 27.1 Å². The van der Waals surface area contributed by atoms with Gasteiger partial charge in [0, 0.05) is 0 Å². The van der Waals surface area contributed by atoms with Gasteiger partial charge in [-0.15, -0.1) is 0 Å². The number of hydrogen-bond donors (Lipinski definition) is 1. The minimum atomic E-state index is -0.833. The minimum Gasteiger partial charge on any atom is -0.490 e. The number of carboxylic acid groups (broad SMARTS) is 1. The summed E-state index contributed by atoms with van der Waals surface area (Å²) in [5, 5.41) is 7.42. The summed E-state index contributed by atoms with van der Waals surface area (Å²) in [4.78, 5) is 11.3. The first-order valence-corrected chi connectivity index (χ1v) is 10.8. The van der Waals surface area contributed by atoms with Crippen LogP contribution >= 0.6 is 0 Å². The molecule has 0 bridgehead atoms. The maximum absolute atomic E-state index is 9.00. The Labute approximate surface area is 159 Å². The van der Waals surface area contributed by atoms with E-state index in [4.69, 9.17) is 9.90 Å². The Morgan fingerprint density at radius 3 is 1.16 bits per heavy atom. The van der Waals surface area contributed by atoms with Crippen LogP contribution in [0.25, 0.3) is 0 Å². The molecule has 0 saturated heterocycles. The van der Waals surface area contributed by atoms with Gasteiger partial charge in [0.25, 0.3) is 0 Å². The fraction of sp³-hybridized carbons (Fsp3) is 0.952. The van der Waals surface area contributed by atoms with Gasteiger partial charge in [-0.2, -0.15) is 0 Å². The van der Waals surface area contributed by atoms with Crippen molar-refractivity contribution in [3.05, 3.63) is 0 Å². The summed E-state index contributed by atoms with van der Waals surface area (Å²) >= 11 is 0. The average molecular weight is 355 g/mol. The molecule has 0 unspecified atom stereocenters. The fourth-order valence-electron chi connectivity index (χ4n) is 2.98. The standard InChI is InChI=1S/C20H43N.CH3BO2/c1-4-5-6-7-8-9-10-11-12-13-14-15-16-17-18-19-20-21(2)3;2-1(3)4/h4-20H2,1-3H3;2H2,(H,3,4). The third-order valence-electron chi connectivity index (χ3n) is 4.46. The smallest absolute Gasteiger partial charge is 0.242 e. The van der Waals surface area contributed by atoms with E-state index >= 15 is 0 Å². The number of nitrogens with zero attached hydrogens (tertiary/aromatic N) is 1. The summed E-state index contributed by atoms with van der Waals surface area (Å²) in [6, 6.07) is 0. The summed E-state index contributed by atoms with van der Waals surface area (Å²) in [6.45, 7) is 3.56. The molecule has 0 aromatic heterocycles. The van der Waals surface area contributed by atoms with E-state index in [1.807, 2.05) is 0 Å². The molecule has 0 aromatic carbocycles. The normalized spacial score (nSPS) is 10.6. The predicted octanol–water partition coefficient (Wildman–Crippen LogP) is 6.11. The van der Waals surface area contributed by atoms with Gasteiger partial charge in [0.1, 0.15) is 0 Å². The molecule has 0 aromatic rings. The highest BCUT2D eigenvalue weighted by Crippen LogP contribution is 2.13. The third kappa shape index (κ3) is 35.5. The van der Waals surface area contributed by atoms with Crippen LogP contribution < -0.4 is 0 Å². The van der Waals surface area contributed by atoms with E-state index in [-0.39, 0.29) is 0 Å². The molecule has 1 N–H and O–H groups in total. The highest BCUT2D eigenvalue weighted by molar-refractivity contribution is 6.54. The molecule has 0 radical (unpaired) electrons. The molecule has 4 heteroatoms. The van der Waals surface area contributed by atoms with Crippen LogP contribution in [0.1, 0.15) is 110 Å². The highest BCUT2D eigenvalue weighted by Gasteiger charge is 1.95. The molecule has 0 aliphatic rings. The summed E-state index contributed by atoms with van der Waals surface area (Å²) in [5.41, 5.74) is 0. The van der Waals surface area contributed by atoms with Crippen LogP contribution in [0.4, 0.5) is 4.79 Å². The van der Waals surface area contributed by atoms with Crippen molar-refractivity contribution < 1.29 is 9.90 Å². The topological polar surface area (TPSA) is 40.5 Å². The SMILES string of the molecule is BC(=O)O.CCCCCCCCCCCCCCCCCCN(C)C. The zero-order valence-corrected chi connectivity index (χ0v) is 17.8. The second-order valence-electron chi connectivity index (χ2n) is 7.63. The van der Waals surface area contributed by atoms with Crippen molar-refractivity contribution in [3.8, 4) is 0 Å². The van der Waals surface area contributed by atoms with E-state index in [0.717, 1.165) is 7.85 Å². The van der Waals surface area contributed by atoms with Gasteiger partial charge in [0.2, 0.25) is 13.7 Å². The molecule has 0 amide bonds. The molecule has 0 fully saturated rings. The summed E-state index contributed by atoms with van der Waals surface area (Å²) < 4.78 is 0. The Hall–Kier alpha value is -0.505. The van der Waals surface area contributed by atoms with Crippen molar-refractivity contribution in [1.82, 2.24) is 4.90 Å². The largest absolute Gasteiger partial charge is 0.490 e. The summed E-state index contributed by atoms with van der Waals surface area (Å²) in [5.74, 6) is -0.833. The first kappa shape index (κ1) is 26.7. The van der Waals surface area contributed by atoms with Gasteiger partial charge in [-0.3, -0.25) is 4.79 Å². The van der Waals surface area contributed by atoms with Crippen LogP contribution in [0.2, 0.25) is 0 Å². The molecule has 25 heavy (non-hydrogen) atoms. The molecule has 3 nitrogen and oxygen atoms in total. The van der Waals surface area contributed by atoms with E-state index in [0.29, 0.717) is 0 Å². The first-order valence-electron chi connectivity index (χ1n) is 10.8. The van der Waals surface area contributed by atoms with Crippen molar-refractivity contribution in [2.24, 2.45) is 0 Å². The van der Waals surface area contributed by atoms with Crippen molar-refractivity contribution >= 4 is 13.7 Å². The highest BCUT2D eigenvalue weighted by atomic mass is 16.4. The lowest BCUT2D eigenvalue weighted by Crippen LogP contribution is -2.12. The Bertz CT molecular complexity index is 256. The number of carbonyl (C=O) groups is 1. The summed E-state index contributed by atoms with van der Waals surface area (Å²) in [7, 11) is 5.43. The van der Waals surface area contributed by atoms with Gasteiger partial charge in [0.05, 0.1) is 0 Å². The van der Waals surface area contributed by atoms with Gasteiger partial charge in [-0.25, -0.2) is 0 Å². The van der Waals surface area contributed by atoms with Crippen molar-refractivity contribution in [1.29, 1.82) is 0 Å². The Morgan fingerprint density at radius 2 is 0.920 bits per heavy atom. The minimum absolute atomic E-state index is 0.833. The second-order valence-corrected chi connectivity index (χ2v) is 7.63. The average Bonchev–Trinajstić information content (AvgIpc) is 2.53. The summed E-state index contributed by atoms with van der Waals surface area (Å²) in [6.07, 6.45) is 23.3. The van der Waals surface area contributed by atoms with Crippen molar-refractivity contribution in [2.75, 3.05) is 20.6 Å². The molecule has 0 aliphatic carbocycles. The van der Waals surface area contributed by atoms with Gasteiger partial charge >= 0.3 is 0 Å². The monoisotopic (exact) mass is 355 g/mol. The van der Waals surface area contributed by atoms with E-state index in [2.05, 4.69) is 25.9 Å². The lowest BCUT2D eigenvalue weighted by atomic mass is 10.0. The van der Waals surface area contributed by atoms with Crippen LogP contribution in [0, 0.1) is 0 Å². The first-order chi connectivity index (χ1) is 12.0. The van der Waals surface area contributed by atoms with E-state index in [1.54, 1.807) is 0 Å². The van der Waals surface area contributed by atoms with Gasteiger partial charge in [-0.1, -0.05) is 103 Å². The molecular weight excluding hydrogens is 309 g/mol. The Balaban J connectivity index is 0. The zero-order chi connectivity index (χ0) is 19.2. The van der Waals surface area contributed by atoms with Crippen LogP contribution in [-0.2, 0) is 0 Å². The third-order valence-corrected chi connectivity index (χ3v) is 4.46. The Kier molecular flexibility index (Phi) is 25.1. The zero-order valence-electron chi connectivity index (χ0n) is 17.8. The van der Waals surface area contributed by atoms with Gasteiger partial charge in [0.15, 0.2) is 0 Å². The number of hydrogen-bond acceptors (Lipinski definition) is 2. The van der Waals surface area contributed by atoms with E-state index in [9.17, 15) is 0 Å². The molecular formula is C21H46BNO2. The predicted molar refractivity (Wildman–Crippen MR) is 115 cm³/mol. The lowest BCUT2D eigenvalue weighted by molar-refractivity contribution is 0.220. The molecule has 0 atom stereocenters. The maximum atomic E-state index is 9.00. The quantitative estimate of drug-likeness (QED) is 0.253. The van der Waals surface area contributed by atoms with Gasteiger partial charge < -0.3 is 10.0 Å².